The maximum Gasteiger partial charge on any atom is 0.223 e. The molecule has 1 aliphatic heterocycles. The molecule has 1 saturated carbocycles. The molecule has 0 bridgehead atoms. The molecule has 2 aliphatic rings. The van der Waals surface area contributed by atoms with Crippen LogP contribution in [0.4, 0.5) is 5.95 Å². The van der Waals surface area contributed by atoms with E-state index in [0.29, 0.717) is 5.92 Å². The molecule has 4 nitrogen and oxygen atoms in total. The normalized spacial score (nSPS) is 23.5. The second kappa shape index (κ2) is 5.68. The van der Waals surface area contributed by atoms with Crippen LogP contribution in [0.2, 0.25) is 0 Å². The molecule has 0 radical (unpaired) electrons. The Hall–Kier alpha value is -1.16. The largest absolute Gasteiger partial charge is 0.354 e. The van der Waals surface area contributed by atoms with Gasteiger partial charge < -0.3 is 10.2 Å². The molecule has 20 heavy (non-hydrogen) atoms. The first-order valence-electron chi connectivity index (χ1n) is 7.95. The Morgan fingerprint density at radius 1 is 1.30 bits per heavy atom. The minimum atomic E-state index is 0.453. The molecule has 2 fully saturated rings. The summed E-state index contributed by atoms with van der Waals surface area (Å²) < 4.78 is 0. The van der Waals surface area contributed by atoms with Crippen LogP contribution in [0.25, 0.3) is 0 Å². The zero-order valence-electron chi connectivity index (χ0n) is 12.9. The number of aryl methyl sites for hydroxylation is 1. The molecule has 1 N–H and O–H groups in total. The van der Waals surface area contributed by atoms with Gasteiger partial charge in [0.2, 0.25) is 5.95 Å². The molecular weight excluding hydrogens is 248 g/mol. The molecule has 1 aromatic heterocycles. The lowest BCUT2D eigenvalue weighted by atomic mass is 10.1. The van der Waals surface area contributed by atoms with Crippen LogP contribution in [0, 0.1) is 12.8 Å². The Morgan fingerprint density at radius 3 is 2.80 bits per heavy atom. The van der Waals surface area contributed by atoms with E-state index in [1.807, 2.05) is 6.92 Å². The van der Waals surface area contributed by atoms with Gasteiger partial charge in [0.1, 0.15) is 0 Å². The Balaban J connectivity index is 1.55. The monoisotopic (exact) mass is 274 g/mol. The third-order valence-corrected chi connectivity index (χ3v) is 4.39. The predicted molar refractivity (Wildman–Crippen MR) is 82.0 cm³/mol. The van der Waals surface area contributed by atoms with E-state index in [9.17, 15) is 0 Å². The topological polar surface area (TPSA) is 41.1 Å². The molecule has 1 aromatic rings. The van der Waals surface area contributed by atoms with Crippen LogP contribution in [-0.4, -0.2) is 40.5 Å². The van der Waals surface area contributed by atoms with Crippen molar-refractivity contribution in [3.8, 4) is 0 Å². The summed E-state index contributed by atoms with van der Waals surface area (Å²) in [5, 5.41) is 3.45. The maximum absolute atomic E-state index is 4.62. The van der Waals surface area contributed by atoms with Crippen LogP contribution in [0.5, 0.6) is 0 Å². The number of likely N-dealkylation sites (tertiary alicyclic amines) is 1. The van der Waals surface area contributed by atoms with Gasteiger partial charge in [-0.25, -0.2) is 9.97 Å². The van der Waals surface area contributed by atoms with Gasteiger partial charge >= 0.3 is 0 Å². The average Bonchev–Trinajstić information content (AvgIpc) is 3.15. The van der Waals surface area contributed by atoms with Gasteiger partial charge in [-0.15, -0.1) is 0 Å². The SMILES string of the molecule is Cc1cc(C(C)C)nc(NCC2CCN(C3CC3)C2)n1. The Kier molecular flexibility index (Phi) is 3.92. The lowest BCUT2D eigenvalue weighted by Crippen LogP contribution is -2.25. The van der Waals surface area contributed by atoms with E-state index in [1.165, 1.54) is 32.4 Å². The van der Waals surface area contributed by atoms with Gasteiger partial charge in [0.05, 0.1) is 0 Å². The summed E-state index contributed by atoms with van der Waals surface area (Å²) in [5.41, 5.74) is 2.18. The Bertz CT molecular complexity index is 468. The molecule has 4 heteroatoms. The molecule has 2 heterocycles. The van der Waals surface area contributed by atoms with Crippen LogP contribution in [-0.2, 0) is 0 Å². The molecule has 1 aliphatic carbocycles. The highest BCUT2D eigenvalue weighted by Gasteiger charge is 2.34. The van der Waals surface area contributed by atoms with Gasteiger partial charge in [-0.05, 0) is 50.6 Å². The number of anilines is 1. The van der Waals surface area contributed by atoms with E-state index in [2.05, 4.69) is 40.1 Å². The third kappa shape index (κ3) is 3.29. The first-order chi connectivity index (χ1) is 9.61. The predicted octanol–water partition coefficient (Wildman–Crippen LogP) is 2.80. The van der Waals surface area contributed by atoms with E-state index >= 15 is 0 Å². The summed E-state index contributed by atoms with van der Waals surface area (Å²) in [7, 11) is 0. The lowest BCUT2D eigenvalue weighted by Gasteiger charge is -2.15. The molecule has 1 unspecified atom stereocenters. The van der Waals surface area contributed by atoms with Crippen molar-refractivity contribution >= 4 is 5.95 Å². The van der Waals surface area contributed by atoms with E-state index in [0.717, 1.165) is 35.8 Å². The Labute approximate surface area is 122 Å². The molecule has 1 atom stereocenters. The fourth-order valence-corrected chi connectivity index (χ4v) is 3.00. The molecule has 1 saturated heterocycles. The second-order valence-corrected chi connectivity index (χ2v) is 6.67. The van der Waals surface area contributed by atoms with Gasteiger partial charge in [-0.3, -0.25) is 0 Å². The standard InChI is InChI=1S/C16H26N4/c1-11(2)15-8-12(3)18-16(19-15)17-9-13-6-7-20(10-13)14-4-5-14/h8,11,13-14H,4-7,9-10H2,1-3H3,(H,17,18,19). The van der Waals surface area contributed by atoms with Gasteiger partial charge in [-0.2, -0.15) is 0 Å². The van der Waals surface area contributed by atoms with Gasteiger partial charge in [0.15, 0.2) is 0 Å². The van der Waals surface area contributed by atoms with Crippen molar-refractivity contribution in [1.82, 2.24) is 14.9 Å². The number of hydrogen-bond donors (Lipinski definition) is 1. The third-order valence-electron chi connectivity index (χ3n) is 4.39. The maximum atomic E-state index is 4.62. The minimum Gasteiger partial charge on any atom is -0.354 e. The zero-order valence-corrected chi connectivity index (χ0v) is 12.9. The molecule has 0 amide bonds. The van der Waals surface area contributed by atoms with Crippen molar-refractivity contribution in [2.75, 3.05) is 25.0 Å². The average molecular weight is 274 g/mol. The first-order valence-corrected chi connectivity index (χ1v) is 7.95. The minimum absolute atomic E-state index is 0.453. The summed E-state index contributed by atoms with van der Waals surface area (Å²) in [5.74, 6) is 2.01. The fraction of sp³-hybridized carbons (Fsp3) is 0.750. The van der Waals surface area contributed by atoms with E-state index in [1.54, 1.807) is 0 Å². The second-order valence-electron chi connectivity index (χ2n) is 6.67. The highest BCUT2D eigenvalue weighted by molar-refractivity contribution is 5.29. The van der Waals surface area contributed by atoms with Crippen molar-refractivity contribution in [2.45, 2.75) is 52.0 Å². The van der Waals surface area contributed by atoms with E-state index in [4.69, 9.17) is 0 Å². The first kappa shape index (κ1) is 13.8. The van der Waals surface area contributed by atoms with Crippen LogP contribution < -0.4 is 5.32 Å². The molecule has 0 spiro atoms. The zero-order chi connectivity index (χ0) is 14.1. The number of hydrogen-bond acceptors (Lipinski definition) is 4. The summed E-state index contributed by atoms with van der Waals surface area (Å²) in [6.07, 6.45) is 4.14. The number of nitrogens with zero attached hydrogens (tertiary/aromatic N) is 3. The van der Waals surface area contributed by atoms with Crippen molar-refractivity contribution in [2.24, 2.45) is 5.92 Å². The van der Waals surface area contributed by atoms with Crippen LogP contribution in [0.3, 0.4) is 0 Å². The van der Waals surface area contributed by atoms with Crippen molar-refractivity contribution in [1.29, 1.82) is 0 Å². The fourth-order valence-electron chi connectivity index (χ4n) is 3.00. The van der Waals surface area contributed by atoms with Gasteiger partial charge in [0.25, 0.3) is 0 Å². The summed E-state index contributed by atoms with van der Waals surface area (Å²) in [4.78, 5) is 11.8. The number of rotatable bonds is 5. The molecule has 0 aromatic carbocycles. The van der Waals surface area contributed by atoms with Gasteiger partial charge in [0, 0.05) is 30.5 Å². The quantitative estimate of drug-likeness (QED) is 0.896. The Morgan fingerprint density at radius 2 is 2.10 bits per heavy atom. The van der Waals surface area contributed by atoms with Crippen LogP contribution in [0.15, 0.2) is 6.07 Å². The van der Waals surface area contributed by atoms with E-state index < -0.39 is 0 Å². The van der Waals surface area contributed by atoms with Crippen LogP contribution in [0.1, 0.15) is 50.4 Å². The van der Waals surface area contributed by atoms with Gasteiger partial charge in [-0.1, -0.05) is 13.8 Å². The summed E-state index contributed by atoms with van der Waals surface area (Å²) in [6, 6.07) is 2.99. The highest BCUT2D eigenvalue weighted by Crippen LogP contribution is 2.31. The number of aromatic nitrogens is 2. The highest BCUT2D eigenvalue weighted by atomic mass is 15.2. The summed E-state index contributed by atoms with van der Waals surface area (Å²) in [6.45, 7) is 9.93. The smallest absolute Gasteiger partial charge is 0.223 e. The van der Waals surface area contributed by atoms with Crippen LogP contribution >= 0.6 is 0 Å². The lowest BCUT2D eigenvalue weighted by molar-refractivity contribution is 0.316. The summed E-state index contributed by atoms with van der Waals surface area (Å²) >= 11 is 0. The van der Waals surface area contributed by atoms with Crippen molar-refractivity contribution < 1.29 is 0 Å². The molecular formula is C16H26N4. The van der Waals surface area contributed by atoms with E-state index in [-0.39, 0.29) is 0 Å². The molecule has 3 rings (SSSR count). The number of nitrogens with one attached hydrogen (secondary N) is 1. The van der Waals surface area contributed by atoms with Crippen molar-refractivity contribution in [3.63, 3.8) is 0 Å². The van der Waals surface area contributed by atoms with Crippen molar-refractivity contribution in [3.05, 3.63) is 17.5 Å². The molecule has 110 valence electrons.